The van der Waals surface area contributed by atoms with Crippen LogP contribution in [-0.2, 0) is 6.42 Å². The fraction of sp³-hybridized carbons (Fsp3) is 0.250. The first-order chi connectivity index (χ1) is 7.85. The maximum atomic E-state index is 5.32. The number of aryl methyl sites for hydroxylation is 1. The molecule has 0 aliphatic rings. The molecule has 0 spiro atoms. The van der Waals surface area contributed by atoms with Crippen LogP contribution in [0, 0.1) is 0 Å². The summed E-state index contributed by atoms with van der Waals surface area (Å²) < 4.78 is 5.32. The van der Waals surface area contributed by atoms with Gasteiger partial charge in [-0.3, -0.25) is 0 Å². The molecular weight excluding hydrogens is 238 g/mol. The molecule has 16 heavy (non-hydrogen) atoms. The lowest BCUT2D eigenvalue weighted by molar-refractivity contribution is 0.416. The van der Waals surface area contributed by atoms with Crippen LogP contribution in [0.5, 0.6) is 5.75 Å². The van der Waals surface area contributed by atoms with Crippen LogP contribution in [0.3, 0.4) is 0 Å². The summed E-state index contributed by atoms with van der Waals surface area (Å²) in [5.41, 5.74) is 2.15. The van der Waals surface area contributed by atoms with E-state index in [0.717, 1.165) is 34.2 Å². The number of thiazole rings is 1. The Bertz CT molecular complexity index is 468. The van der Waals surface area contributed by atoms with E-state index in [1.807, 2.05) is 24.3 Å². The second kappa shape index (κ2) is 5.37. The van der Waals surface area contributed by atoms with Gasteiger partial charge in [0.2, 0.25) is 0 Å². The van der Waals surface area contributed by atoms with Crippen LogP contribution in [0.4, 0.5) is 0 Å². The number of hydrogen-bond acceptors (Lipinski definition) is 4. The smallest absolute Gasteiger partial charge is 0.129 e. The van der Waals surface area contributed by atoms with E-state index in [4.69, 9.17) is 4.74 Å². The molecule has 1 aromatic heterocycles. The van der Waals surface area contributed by atoms with Gasteiger partial charge in [-0.25, -0.2) is 4.98 Å². The summed E-state index contributed by atoms with van der Waals surface area (Å²) in [4.78, 5) is 4.57. The van der Waals surface area contributed by atoms with Crippen molar-refractivity contribution in [3.8, 4) is 16.3 Å². The van der Waals surface area contributed by atoms with E-state index in [2.05, 4.69) is 23.0 Å². The third kappa shape index (κ3) is 2.39. The second-order valence-electron chi connectivity index (χ2n) is 3.32. The molecule has 0 saturated carbocycles. The first-order valence-electron chi connectivity index (χ1n) is 5.04. The zero-order chi connectivity index (χ0) is 11.4. The maximum absolute atomic E-state index is 5.32. The van der Waals surface area contributed by atoms with Crippen LogP contribution in [0.25, 0.3) is 10.6 Å². The van der Waals surface area contributed by atoms with Crippen LogP contribution in [0.15, 0.2) is 29.6 Å². The van der Waals surface area contributed by atoms with E-state index in [0.29, 0.717) is 0 Å². The molecule has 0 aliphatic heterocycles. The lowest BCUT2D eigenvalue weighted by Crippen LogP contribution is -1.88. The molecular formula is C12H13NOS2. The lowest BCUT2D eigenvalue weighted by Gasteiger charge is -2.04. The normalized spacial score (nSPS) is 10.4. The van der Waals surface area contributed by atoms with Crippen molar-refractivity contribution < 1.29 is 4.74 Å². The standard InChI is InChI=1S/C12H13NOS2/c1-14-11-5-3-2-4-10(11)12-13-9(6-7-15)8-16-12/h2-5,8,15H,6-7H2,1H3. The summed E-state index contributed by atoms with van der Waals surface area (Å²) in [6, 6.07) is 7.94. The molecule has 84 valence electrons. The number of benzene rings is 1. The van der Waals surface area contributed by atoms with Crippen LogP contribution in [0.2, 0.25) is 0 Å². The fourth-order valence-corrected chi connectivity index (χ4v) is 2.59. The molecule has 2 nitrogen and oxygen atoms in total. The molecule has 4 heteroatoms. The maximum Gasteiger partial charge on any atom is 0.129 e. The third-order valence-electron chi connectivity index (χ3n) is 2.26. The van der Waals surface area contributed by atoms with Crippen molar-refractivity contribution in [3.05, 3.63) is 35.3 Å². The van der Waals surface area contributed by atoms with Crippen molar-refractivity contribution in [2.75, 3.05) is 12.9 Å². The van der Waals surface area contributed by atoms with E-state index >= 15 is 0 Å². The third-order valence-corrected chi connectivity index (χ3v) is 3.41. The Labute approximate surface area is 105 Å². The van der Waals surface area contributed by atoms with Gasteiger partial charge >= 0.3 is 0 Å². The van der Waals surface area contributed by atoms with E-state index in [9.17, 15) is 0 Å². The SMILES string of the molecule is COc1ccccc1-c1nc(CCS)cs1. The predicted molar refractivity (Wildman–Crippen MR) is 71.7 cm³/mol. The number of thiol groups is 1. The monoisotopic (exact) mass is 251 g/mol. The van der Waals surface area contributed by atoms with Crippen molar-refractivity contribution in [1.29, 1.82) is 0 Å². The zero-order valence-electron chi connectivity index (χ0n) is 9.01. The van der Waals surface area contributed by atoms with E-state index in [-0.39, 0.29) is 0 Å². The van der Waals surface area contributed by atoms with Crippen LogP contribution >= 0.6 is 24.0 Å². The van der Waals surface area contributed by atoms with Gasteiger partial charge in [0.1, 0.15) is 10.8 Å². The fourth-order valence-electron chi connectivity index (χ4n) is 1.48. The number of para-hydroxylation sites is 1. The van der Waals surface area contributed by atoms with Crippen molar-refractivity contribution in [1.82, 2.24) is 4.98 Å². The molecule has 0 radical (unpaired) electrons. The quantitative estimate of drug-likeness (QED) is 0.842. The molecule has 0 saturated heterocycles. The Hall–Kier alpha value is -1.000. The molecule has 0 unspecified atom stereocenters. The average molecular weight is 251 g/mol. The van der Waals surface area contributed by atoms with Gasteiger partial charge in [-0.1, -0.05) is 12.1 Å². The van der Waals surface area contributed by atoms with E-state index < -0.39 is 0 Å². The molecule has 0 aliphatic carbocycles. The number of hydrogen-bond donors (Lipinski definition) is 1. The number of aromatic nitrogens is 1. The minimum absolute atomic E-state index is 0.828. The Morgan fingerprint density at radius 3 is 2.94 bits per heavy atom. The molecule has 0 bridgehead atoms. The molecule has 1 heterocycles. The van der Waals surface area contributed by atoms with Crippen LogP contribution in [-0.4, -0.2) is 17.8 Å². The molecule has 2 rings (SSSR count). The lowest BCUT2D eigenvalue weighted by atomic mass is 10.2. The average Bonchev–Trinajstić information content (AvgIpc) is 2.78. The molecule has 0 fully saturated rings. The molecule has 0 atom stereocenters. The second-order valence-corrected chi connectivity index (χ2v) is 4.62. The van der Waals surface area contributed by atoms with Gasteiger partial charge in [0, 0.05) is 5.38 Å². The molecule has 2 aromatic rings. The minimum atomic E-state index is 0.828. The largest absolute Gasteiger partial charge is 0.496 e. The van der Waals surface area contributed by atoms with Gasteiger partial charge in [0.15, 0.2) is 0 Å². The van der Waals surface area contributed by atoms with Crippen molar-refractivity contribution in [3.63, 3.8) is 0 Å². The van der Waals surface area contributed by atoms with Crippen molar-refractivity contribution in [2.24, 2.45) is 0 Å². The Balaban J connectivity index is 2.34. The highest BCUT2D eigenvalue weighted by Gasteiger charge is 2.08. The topological polar surface area (TPSA) is 22.1 Å². The molecule has 0 amide bonds. The van der Waals surface area contributed by atoms with Gasteiger partial charge in [-0.05, 0) is 24.3 Å². The summed E-state index contributed by atoms with van der Waals surface area (Å²) in [7, 11) is 1.68. The van der Waals surface area contributed by atoms with Crippen LogP contribution in [0.1, 0.15) is 5.69 Å². The minimum Gasteiger partial charge on any atom is -0.496 e. The van der Waals surface area contributed by atoms with Gasteiger partial charge in [-0.2, -0.15) is 12.6 Å². The molecule has 1 aromatic carbocycles. The Kier molecular flexibility index (Phi) is 3.85. The first kappa shape index (κ1) is 11.5. The summed E-state index contributed by atoms with van der Waals surface area (Å²) in [5.74, 6) is 1.70. The van der Waals surface area contributed by atoms with Gasteiger partial charge < -0.3 is 4.74 Å². The Morgan fingerprint density at radius 2 is 2.19 bits per heavy atom. The van der Waals surface area contributed by atoms with Gasteiger partial charge in [0.25, 0.3) is 0 Å². The summed E-state index contributed by atoms with van der Waals surface area (Å²) in [6.07, 6.45) is 0.911. The first-order valence-corrected chi connectivity index (χ1v) is 6.55. The van der Waals surface area contributed by atoms with Crippen LogP contribution < -0.4 is 4.74 Å². The summed E-state index contributed by atoms with van der Waals surface area (Å²) in [6.45, 7) is 0. The van der Waals surface area contributed by atoms with E-state index in [1.165, 1.54) is 0 Å². The summed E-state index contributed by atoms with van der Waals surface area (Å²) >= 11 is 5.85. The highest BCUT2D eigenvalue weighted by Crippen LogP contribution is 2.31. The van der Waals surface area contributed by atoms with Crippen molar-refractivity contribution in [2.45, 2.75) is 6.42 Å². The molecule has 0 N–H and O–H groups in total. The summed E-state index contributed by atoms with van der Waals surface area (Å²) in [5, 5.41) is 3.09. The van der Waals surface area contributed by atoms with Gasteiger partial charge in [-0.15, -0.1) is 11.3 Å². The number of ether oxygens (including phenoxy) is 1. The number of rotatable bonds is 4. The van der Waals surface area contributed by atoms with E-state index in [1.54, 1.807) is 18.4 Å². The highest BCUT2D eigenvalue weighted by atomic mass is 32.1. The van der Waals surface area contributed by atoms with Gasteiger partial charge in [0.05, 0.1) is 18.4 Å². The highest BCUT2D eigenvalue weighted by molar-refractivity contribution is 7.80. The van der Waals surface area contributed by atoms with Crippen molar-refractivity contribution >= 4 is 24.0 Å². The predicted octanol–water partition coefficient (Wildman–Crippen LogP) is 3.29. The number of nitrogens with zero attached hydrogens (tertiary/aromatic N) is 1. The Morgan fingerprint density at radius 1 is 1.38 bits per heavy atom. The number of methoxy groups -OCH3 is 1. The zero-order valence-corrected chi connectivity index (χ0v) is 10.7.